The molecule has 2 heterocycles. The van der Waals surface area contributed by atoms with Gasteiger partial charge in [0.1, 0.15) is 0 Å². The van der Waals surface area contributed by atoms with Crippen LogP contribution in [-0.2, 0) is 11.2 Å². The summed E-state index contributed by atoms with van der Waals surface area (Å²) in [6, 6.07) is 0.131. The Morgan fingerprint density at radius 2 is 2.42 bits per heavy atom. The number of carbonyl (C=O) groups is 1. The van der Waals surface area contributed by atoms with E-state index < -0.39 is 0 Å². The van der Waals surface area contributed by atoms with Gasteiger partial charge in [-0.15, -0.1) is 0 Å². The van der Waals surface area contributed by atoms with Crippen molar-refractivity contribution >= 4 is 17.5 Å². The second-order valence-corrected chi connectivity index (χ2v) is 5.51. The molecule has 0 radical (unpaired) electrons. The van der Waals surface area contributed by atoms with Crippen molar-refractivity contribution in [1.29, 1.82) is 0 Å². The van der Waals surface area contributed by atoms with Gasteiger partial charge in [-0.1, -0.05) is 5.16 Å². The zero-order valence-corrected chi connectivity index (χ0v) is 12.0. The van der Waals surface area contributed by atoms with Crippen molar-refractivity contribution in [3.8, 4) is 0 Å². The monoisotopic (exact) mass is 286 g/mol. The summed E-state index contributed by atoms with van der Waals surface area (Å²) in [5.41, 5.74) is 1.32. The minimum atomic E-state index is -0.390. The topological polar surface area (TPSA) is 66.6 Å². The van der Waals surface area contributed by atoms with Gasteiger partial charge in [0, 0.05) is 18.2 Å². The van der Waals surface area contributed by atoms with Gasteiger partial charge in [-0.3, -0.25) is 4.79 Å². The number of carbonyl (C=O) groups excluding carboxylic acids is 1. The molecule has 1 aliphatic rings. The van der Waals surface area contributed by atoms with Crippen molar-refractivity contribution < 1.29 is 14.4 Å². The van der Waals surface area contributed by atoms with Gasteiger partial charge in [0.25, 0.3) is 0 Å². The summed E-state index contributed by atoms with van der Waals surface area (Å²) < 4.78 is 4.85. The Balaban J connectivity index is 2.03. The largest absolute Gasteiger partial charge is 0.393 e. The molecule has 1 aromatic rings. The lowest BCUT2D eigenvalue weighted by Crippen LogP contribution is -2.38. The Bertz CT molecular complexity index is 439. The van der Waals surface area contributed by atoms with Crippen molar-refractivity contribution in [2.45, 2.75) is 51.7 Å². The van der Waals surface area contributed by atoms with Crippen molar-refractivity contribution in [2.24, 2.45) is 0 Å². The van der Waals surface area contributed by atoms with Crippen molar-refractivity contribution in [2.75, 3.05) is 6.54 Å². The lowest BCUT2D eigenvalue weighted by Gasteiger charge is -2.25. The van der Waals surface area contributed by atoms with Gasteiger partial charge < -0.3 is 14.5 Å². The van der Waals surface area contributed by atoms with Gasteiger partial charge in [0.05, 0.1) is 18.2 Å². The van der Waals surface area contributed by atoms with Crippen LogP contribution in [-0.4, -0.2) is 39.8 Å². The summed E-state index contributed by atoms with van der Waals surface area (Å²) in [5.74, 6) is 0.0244. The zero-order valence-electron chi connectivity index (χ0n) is 11.2. The number of likely N-dealkylation sites (tertiary alicyclic amines) is 1. The second kappa shape index (κ2) is 5.92. The van der Waals surface area contributed by atoms with E-state index in [1.54, 1.807) is 13.8 Å². The van der Waals surface area contributed by atoms with E-state index in [0.29, 0.717) is 17.7 Å². The van der Waals surface area contributed by atoms with Gasteiger partial charge in [0.15, 0.2) is 0 Å². The van der Waals surface area contributed by atoms with E-state index in [9.17, 15) is 9.90 Å². The molecule has 2 atom stereocenters. The van der Waals surface area contributed by atoms with Crippen LogP contribution in [0.3, 0.4) is 0 Å². The van der Waals surface area contributed by atoms with Crippen LogP contribution < -0.4 is 0 Å². The first-order valence-electron chi connectivity index (χ1n) is 6.57. The number of amides is 1. The van der Waals surface area contributed by atoms with Crippen LogP contribution in [0.25, 0.3) is 0 Å². The Labute approximate surface area is 117 Å². The number of aryl methyl sites for hydroxylation is 1. The first-order chi connectivity index (χ1) is 8.99. The molecule has 1 aliphatic heterocycles. The minimum absolute atomic E-state index is 0.0244. The second-order valence-electron chi connectivity index (χ2n) is 5.16. The molecule has 1 aromatic heterocycles. The summed E-state index contributed by atoms with van der Waals surface area (Å²) >= 11 is 5.88. The van der Waals surface area contributed by atoms with Crippen molar-refractivity contribution in [3.05, 3.63) is 16.5 Å². The predicted molar refractivity (Wildman–Crippen MR) is 71.0 cm³/mol. The number of aliphatic hydroxyl groups excluding tert-OH is 1. The summed E-state index contributed by atoms with van der Waals surface area (Å²) in [6.07, 6.45) is 2.39. The molecule has 1 fully saturated rings. The first kappa shape index (κ1) is 14.3. The SMILES string of the molecule is Cc1noc(Cl)c1CC(=O)N1CCCC1CC(C)O. The Hall–Kier alpha value is -1.07. The number of rotatable bonds is 4. The van der Waals surface area contributed by atoms with Gasteiger partial charge in [-0.2, -0.15) is 0 Å². The number of hydrogen-bond acceptors (Lipinski definition) is 4. The van der Waals surface area contributed by atoms with Gasteiger partial charge in [-0.25, -0.2) is 0 Å². The van der Waals surface area contributed by atoms with Gasteiger partial charge in [-0.05, 0) is 44.7 Å². The van der Waals surface area contributed by atoms with E-state index in [1.165, 1.54) is 0 Å². The molecule has 1 amide bonds. The molecule has 2 unspecified atom stereocenters. The third kappa shape index (κ3) is 3.28. The van der Waals surface area contributed by atoms with Crippen LogP contribution in [0.5, 0.6) is 0 Å². The molecule has 0 saturated carbocycles. The normalized spacial score (nSPS) is 20.8. The van der Waals surface area contributed by atoms with Crippen molar-refractivity contribution in [1.82, 2.24) is 10.1 Å². The minimum Gasteiger partial charge on any atom is -0.393 e. The number of halogens is 1. The number of nitrogens with zero attached hydrogens (tertiary/aromatic N) is 2. The summed E-state index contributed by atoms with van der Waals surface area (Å²) in [7, 11) is 0. The Kier molecular flexibility index (Phi) is 4.47. The van der Waals surface area contributed by atoms with Gasteiger partial charge in [0.2, 0.25) is 11.1 Å². The molecule has 0 aliphatic carbocycles. The maximum absolute atomic E-state index is 12.3. The lowest BCUT2D eigenvalue weighted by atomic mass is 10.1. The van der Waals surface area contributed by atoms with Crippen LogP contribution in [0.15, 0.2) is 4.52 Å². The Morgan fingerprint density at radius 1 is 1.68 bits per heavy atom. The van der Waals surface area contributed by atoms with E-state index in [2.05, 4.69) is 5.16 Å². The smallest absolute Gasteiger partial charge is 0.229 e. The molecule has 0 spiro atoms. The maximum Gasteiger partial charge on any atom is 0.229 e. The molecule has 19 heavy (non-hydrogen) atoms. The highest BCUT2D eigenvalue weighted by Crippen LogP contribution is 2.25. The highest BCUT2D eigenvalue weighted by Gasteiger charge is 2.30. The quantitative estimate of drug-likeness (QED) is 0.918. The fourth-order valence-electron chi connectivity index (χ4n) is 2.61. The third-order valence-corrected chi connectivity index (χ3v) is 3.87. The number of aliphatic hydroxyl groups is 1. The summed E-state index contributed by atoms with van der Waals surface area (Å²) in [6.45, 7) is 4.27. The standard InChI is InChI=1S/C13H19ClN2O3/c1-8(17)6-10-4-3-5-16(10)12(18)7-11-9(2)15-19-13(11)14/h8,10,17H,3-7H2,1-2H3. The fraction of sp³-hybridized carbons (Fsp3) is 0.692. The molecule has 2 rings (SSSR count). The first-order valence-corrected chi connectivity index (χ1v) is 6.95. The van der Waals surface area contributed by atoms with Crippen LogP contribution in [0.4, 0.5) is 0 Å². The van der Waals surface area contributed by atoms with Crippen LogP contribution in [0, 0.1) is 6.92 Å². The third-order valence-electron chi connectivity index (χ3n) is 3.58. The molecule has 0 aromatic carbocycles. The summed E-state index contributed by atoms with van der Waals surface area (Å²) in [4.78, 5) is 14.2. The average molecular weight is 287 g/mol. The van der Waals surface area contributed by atoms with E-state index in [-0.39, 0.29) is 29.7 Å². The Morgan fingerprint density at radius 3 is 3.00 bits per heavy atom. The van der Waals surface area contributed by atoms with Gasteiger partial charge >= 0.3 is 0 Å². The number of aromatic nitrogens is 1. The lowest BCUT2D eigenvalue weighted by molar-refractivity contribution is -0.131. The fourth-order valence-corrected chi connectivity index (χ4v) is 2.85. The highest BCUT2D eigenvalue weighted by molar-refractivity contribution is 6.29. The highest BCUT2D eigenvalue weighted by atomic mass is 35.5. The molecular formula is C13H19ClN2O3. The van der Waals surface area contributed by atoms with Crippen LogP contribution >= 0.6 is 11.6 Å². The predicted octanol–water partition coefficient (Wildman–Crippen LogP) is 1.94. The molecule has 1 saturated heterocycles. The van der Waals surface area contributed by atoms with E-state index in [1.807, 2.05) is 4.90 Å². The van der Waals surface area contributed by atoms with E-state index in [4.69, 9.17) is 16.1 Å². The molecule has 0 bridgehead atoms. The molecule has 6 heteroatoms. The summed E-state index contributed by atoms with van der Waals surface area (Å²) in [5, 5.41) is 13.4. The average Bonchev–Trinajstić information content (AvgIpc) is 2.90. The van der Waals surface area contributed by atoms with Crippen LogP contribution in [0.1, 0.15) is 37.4 Å². The zero-order chi connectivity index (χ0) is 14.0. The molecule has 5 nitrogen and oxygen atoms in total. The molecule has 106 valence electrons. The van der Waals surface area contributed by atoms with Crippen molar-refractivity contribution in [3.63, 3.8) is 0 Å². The molecular weight excluding hydrogens is 268 g/mol. The van der Waals surface area contributed by atoms with E-state index >= 15 is 0 Å². The maximum atomic E-state index is 12.3. The number of hydrogen-bond donors (Lipinski definition) is 1. The molecule has 1 N–H and O–H groups in total. The van der Waals surface area contributed by atoms with E-state index in [0.717, 1.165) is 19.4 Å². The van der Waals surface area contributed by atoms with Crippen LogP contribution in [0.2, 0.25) is 5.22 Å².